The average Bonchev–Trinajstić information content (AvgIpc) is 3.04. The largest absolute Gasteiger partial charge is 0.481 e. The SMILES string of the molecule is CCCn1cc(Br)cc1C(=O)N(C)C1COCC1C(=O)O. The van der Waals surface area contributed by atoms with Crippen molar-refractivity contribution in [2.45, 2.75) is 25.9 Å². The third kappa shape index (κ3) is 3.29. The molecule has 1 aromatic heterocycles. The molecule has 2 atom stereocenters. The minimum Gasteiger partial charge on any atom is -0.481 e. The number of aliphatic carboxylic acids is 1. The molecule has 0 bridgehead atoms. The van der Waals surface area contributed by atoms with Crippen LogP contribution in [0.25, 0.3) is 0 Å². The lowest BCUT2D eigenvalue weighted by Gasteiger charge is -2.26. The van der Waals surface area contributed by atoms with Gasteiger partial charge in [0.15, 0.2) is 0 Å². The van der Waals surface area contributed by atoms with Crippen molar-refractivity contribution in [2.75, 3.05) is 20.3 Å². The minimum atomic E-state index is -0.928. The van der Waals surface area contributed by atoms with E-state index in [-0.39, 0.29) is 19.1 Å². The van der Waals surface area contributed by atoms with E-state index in [9.17, 15) is 14.7 Å². The molecule has 1 aliphatic rings. The Labute approximate surface area is 131 Å². The van der Waals surface area contributed by atoms with Crippen LogP contribution >= 0.6 is 15.9 Å². The highest BCUT2D eigenvalue weighted by molar-refractivity contribution is 9.10. The third-order valence-electron chi connectivity index (χ3n) is 3.73. The summed E-state index contributed by atoms with van der Waals surface area (Å²) in [4.78, 5) is 25.3. The van der Waals surface area contributed by atoms with Crippen LogP contribution < -0.4 is 0 Å². The van der Waals surface area contributed by atoms with Gasteiger partial charge in [-0.3, -0.25) is 9.59 Å². The Bertz CT molecular complexity index is 543. The number of carbonyl (C=O) groups is 2. The molecule has 7 heteroatoms. The Morgan fingerprint density at radius 1 is 1.52 bits per heavy atom. The summed E-state index contributed by atoms with van der Waals surface area (Å²) in [5.41, 5.74) is 0.558. The molecule has 1 fully saturated rings. The van der Waals surface area contributed by atoms with Gasteiger partial charge in [0.25, 0.3) is 5.91 Å². The molecule has 2 rings (SSSR count). The third-order valence-corrected chi connectivity index (χ3v) is 4.17. The monoisotopic (exact) mass is 358 g/mol. The van der Waals surface area contributed by atoms with Crippen molar-refractivity contribution in [2.24, 2.45) is 5.92 Å². The lowest BCUT2D eigenvalue weighted by atomic mass is 10.0. The highest BCUT2D eigenvalue weighted by atomic mass is 79.9. The first-order valence-corrected chi connectivity index (χ1v) is 7.68. The van der Waals surface area contributed by atoms with Crippen molar-refractivity contribution in [1.82, 2.24) is 9.47 Å². The number of rotatable bonds is 5. The van der Waals surface area contributed by atoms with Gasteiger partial charge >= 0.3 is 5.97 Å². The number of carboxylic acids is 1. The second-order valence-corrected chi connectivity index (χ2v) is 6.12. The predicted molar refractivity (Wildman–Crippen MR) is 80.2 cm³/mol. The number of aryl methyl sites for hydroxylation is 1. The van der Waals surface area contributed by atoms with E-state index in [0.717, 1.165) is 17.4 Å². The van der Waals surface area contributed by atoms with E-state index in [0.29, 0.717) is 5.69 Å². The van der Waals surface area contributed by atoms with E-state index in [1.165, 1.54) is 4.90 Å². The summed E-state index contributed by atoms with van der Waals surface area (Å²) in [5.74, 6) is -1.78. The van der Waals surface area contributed by atoms with Crippen LogP contribution in [0.4, 0.5) is 0 Å². The molecule has 1 aromatic rings. The van der Waals surface area contributed by atoms with E-state index in [2.05, 4.69) is 15.9 Å². The van der Waals surface area contributed by atoms with Gasteiger partial charge in [-0.05, 0) is 28.4 Å². The first kappa shape index (κ1) is 16.0. The van der Waals surface area contributed by atoms with Crippen molar-refractivity contribution < 1.29 is 19.4 Å². The standard InChI is InChI=1S/C14H19BrN2O4/c1-3-4-17-6-9(15)5-11(17)13(18)16(2)12-8-21-7-10(12)14(19)20/h5-6,10,12H,3-4,7-8H2,1-2H3,(H,19,20). The van der Waals surface area contributed by atoms with Gasteiger partial charge in [0.05, 0.1) is 19.3 Å². The molecule has 1 saturated heterocycles. The highest BCUT2D eigenvalue weighted by Gasteiger charge is 2.39. The number of hydrogen-bond donors (Lipinski definition) is 1. The molecule has 116 valence electrons. The molecule has 21 heavy (non-hydrogen) atoms. The molecule has 2 unspecified atom stereocenters. The minimum absolute atomic E-state index is 0.150. The number of nitrogens with zero attached hydrogens (tertiary/aromatic N) is 2. The normalized spacial score (nSPS) is 21.5. The molecule has 2 heterocycles. The van der Waals surface area contributed by atoms with E-state index in [4.69, 9.17) is 4.74 Å². The lowest BCUT2D eigenvalue weighted by Crippen LogP contribution is -2.44. The molecule has 1 aliphatic heterocycles. The van der Waals surface area contributed by atoms with Gasteiger partial charge in [-0.15, -0.1) is 0 Å². The zero-order valence-electron chi connectivity index (χ0n) is 12.1. The Morgan fingerprint density at radius 2 is 2.24 bits per heavy atom. The summed E-state index contributed by atoms with van der Waals surface area (Å²) in [5, 5.41) is 9.20. The first-order valence-electron chi connectivity index (χ1n) is 6.89. The molecular formula is C14H19BrN2O4. The fourth-order valence-electron chi connectivity index (χ4n) is 2.57. The zero-order chi connectivity index (χ0) is 15.6. The van der Waals surface area contributed by atoms with Crippen molar-refractivity contribution in [3.05, 3.63) is 22.4 Å². The summed E-state index contributed by atoms with van der Waals surface area (Å²) in [6, 6.07) is 1.33. The molecule has 0 aliphatic carbocycles. The van der Waals surface area contributed by atoms with Crippen LogP contribution in [0.15, 0.2) is 16.7 Å². The van der Waals surface area contributed by atoms with E-state index < -0.39 is 17.9 Å². The van der Waals surface area contributed by atoms with Crippen LogP contribution in [0.5, 0.6) is 0 Å². The van der Waals surface area contributed by atoms with Gasteiger partial charge in [-0.2, -0.15) is 0 Å². The van der Waals surface area contributed by atoms with E-state index in [1.54, 1.807) is 13.1 Å². The Morgan fingerprint density at radius 3 is 2.86 bits per heavy atom. The van der Waals surface area contributed by atoms with Crippen molar-refractivity contribution in [3.63, 3.8) is 0 Å². The molecule has 1 amide bonds. The Kier molecular flexibility index (Phi) is 5.05. The maximum Gasteiger partial charge on any atom is 0.311 e. The Balaban J connectivity index is 2.21. The molecule has 0 spiro atoms. The molecule has 0 aromatic carbocycles. The number of amides is 1. The van der Waals surface area contributed by atoms with Crippen LogP contribution in [0.2, 0.25) is 0 Å². The molecule has 0 radical (unpaired) electrons. The van der Waals surface area contributed by atoms with Crippen LogP contribution in [0.3, 0.4) is 0 Å². The molecule has 1 N–H and O–H groups in total. The van der Waals surface area contributed by atoms with Gasteiger partial charge in [0, 0.05) is 24.3 Å². The summed E-state index contributed by atoms with van der Waals surface area (Å²) < 4.78 is 7.95. The quantitative estimate of drug-likeness (QED) is 0.871. The van der Waals surface area contributed by atoms with E-state index >= 15 is 0 Å². The van der Waals surface area contributed by atoms with Gasteiger partial charge in [0.2, 0.25) is 0 Å². The number of ether oxygens (including phenoxy) is 1. The molecule has 6 nitrogen and oxygen atoms in total. The number of halogens is 1. The van der Waals surface area contributed by atoms with Crippen LogP contribution in [0.1, 0.15) is 23.8 Å². The first-order chi connectivity index (χ1) is 9.95. The fourth-order valence-corrected chi connectivity index (χ4v) is 3.04. The van der Waals surface area contributed by atoms with Crippen molar-refractivity contribution in [3.8, 4) is 0 Å². The number of carboxylic acid groups (broad SMARTS) is 1. The maximum atomic E-state index is 12.6. The van der Waals surface area contributed by atoms with Crippen LogP contribution in [-0.4, -0.2) is 52.8 Å². The van der Waals surface area contributed by atoms with Gasteiger partial charge in [-0.25, -0.2) is 0 Å². The van der Waals surface area contributed by atoms with Crippen molar-refractivity contribution >= 4 is 27.8 Å². The second kappa shape index (κ2) is 6.62. The van der Waals surface area contributed by atoms with Gasteiger partial charge in [0.1, 0.15) is 11.6 Å². The van der Waals surface area contributed by atoms with Crippen LogP contribution in [0, 0.1) is 5.92 Å². The summed E-state index contributed by atoms with van der Waals surface area (Å²) >= 11 is 3.38. The summed E-state index contributed by atoms with van der Waals surface area (Å²) in [7, 11) is 1.63. The average molecular weight is 359 g/mol. The smallest absolute Gasteiger partial charge is 0.311 e. The van der Waals surface area contributed by atoms with Gasteiger partial charge in [-0.1, -0.05) is 6.92 Å². The predicted octanol–water partition coefficient (Wildman–Crippen LogP) is 1.83. The lowest BCUT2D eigenvalue weighted by molar-refractivity contribution is -0.142. The zero-order valence-corrected chi connectivity index (χ0v) is 13.7. The summed E-state index contributed by atoms with van der Waals surface area (Å²) in [6.45, 7) is 3.19. The van der Waals surface area contributed by atoms with E-state index in [1.807, 2.05) is 17.7 Å². The summed E-state index contributed by atoms with van der Waals surface area (Å²) in [6.07, 6.45) is 2.78. The van der Waals surface area contributed by atoms with Crippen molar-refractivity contribution in [1.29, 1.82) is 0 Å². The molecule has 0 saturated carbocycles. The number of likely N-dealkylation sites (N-methyl/N-ethyl adjacent to an activating group) is 1. The maximum absolute atomic E-state index is 12.6. The van der Waals surface area contributed by atoms with Crippen LogP contribution in [-0.2, 0) is 16.1 Å². The fraction of sp³-hybridized carbons (Fsp3) is 0.571. The number of aromatic nitrogens is 1. The highest BCUT2D eigenvalue weighted by Crippen LogP contribution is 2.23. The second-order valence-electron chi connectivity index (χ2n) is 5.20. The number of carbonyl (C=O) groups excluding carboxylic acids is 1. The number of hydrogen-bond acceptors (Lipinski definition) is 3. The topological polar surface area (TPSA) is 71.8 Å². The van der Waals surface area contributed by atoms with Gasteiger partial charge < -0.3 is 19.3 Å². The molecular weight excluding hydrogens is 340 g/mol. The Hall–Kier alpha value is -1.34.